The molecule has 0 saturated carbocycles. The highest BCUT2D eigenvalue weighted by atomic mass is 19.1. The Bertz CT molecular complexity index is 543. The third-order valence-electron chi connectivity index (χ3n) is 2.53. The zero-order valence-electron chi connectivity index (χ0n) is 10.1. The van der Waals surface area contributed by atoms with Crippen LogP contribution >= 0.6 is 0 Å². The summed E-state index contributed by atoms with van der Waals surface area (Å²) < 4.78 is 18.0. The van der Waals surface area contributed by atoms with E-state index in [1.807, 2.05) is 24.3 Å². The minimum absolute atomic E-state index is 0.341. The summed E-state index contributed by atoms with van der Waals surface area (Å²) in [6.45, 7) is 0.550. The molecule has 0 unspecified atom stereocenters. The number of ether oxygens (including phenoxy) is 1. The van der Waals surface area contributed by atoms with Crippen molar-refractivity contribution in [2.75, 3.05) is 18.2 Å². The molecule has 0 radical (unpaired) electrons. The predicted molar refractivity (Wildman–Crippen MR) is 71.3 cm³/mol. The fraction of sp³-hybridized carbons (Fsp3) is 0.143. The number of benzene rings is 2. The predicted octanol–water partition coefficient (Wildman–Crippen LogP) is 3.30. The van der Waals surface area contributed by atoms with Crippen LogP contribution in [0.4, 0.5) is 21.5 Å². The average molecular weight is 246 g/mol. The second kappa shape index (κ2) is 5.51. The fourth-order valence-corrected chi connectivity index (χ4v) is 1.71. The second-order valence-corrected chi connectivity index (χ2v) is 3.99. The van der Waals surface area contributed by atoms with Crippen molar-refractivity contribution in [2.45, 2.75) is 6.61 Å². The molecule has 4 heteroatoms. The van der Waals surface area contributed by atoms with Gasteiger partial charge in [0.1, 0.15) is 5.82 Å². The molecule has 0 amide bonds. The van der Waals surface area contributed by atoms with Crippen LogP contribution in [0, 0.1) is 5.82 Å². The lowest BCUT2D eigenvalue weighted by atomic mass is 10.2. The van der Waals surface area contributed by atoms with Gasteiger partial charge in [-0.2, -0.15) is 0 Å². The Morgan fingerprint density at radius 1 is 1.22 bits per heavy atom. The average Bonchev–Trinajstić information content (AvgIpc) is 2.34. The Morgan fingerprint density at radius 3 is 2.78 bits per heavy atom. The summed E-state index contributed by atoms with van der Waals surface area (Å²) in [6, 6.07) is 12.1. The van der Waals surface area contributed by atoms with E-state index in [1.165, 1.54) is 12.1 Å². The first-order valence-corrected chi connectivity index (χ1v) is 5.59. The van der Waals surface area contributed by atoms with Crippen LogP contribution in [0.2, 0.25) is 0 Å². The van der Waals surface area contributed by atoms with Gasteiger partial charge in [-0.1, -0.05) is 12.1 Å². The number of nitrogens with two attached hydrogens (primary N) is 1. The lowest BCUT2D eigenvalue weighted by molar-refractivity contribution is 0.185. The monoisotopic (exact) mass is 246 g/mol. The summed E-state index contributed by atoms with van der Waals surface area (Å²) in [7, 11) is 1.65. The molecule has 0 bridgehead atoms. The van der Waals surface area contributed by atoms with Crippen LogP contribution in [0.3, 0.4) is 0 Å². The molecule has 0 aliphatic heterocycles. The standard InChI is InChI=1S/C14H15FN2O/c1-18-9-10-3-2-4-12(7-10)17-14-6-5-11(15)8-13(14)16/h2-8,17H,9,16H2,1H3. The highest BCUT2D eigenvalue weighted by molar-refractivity contribution is 5.72. The van der Waals surface area contributed by atoms with Crippen LogP contribution in [0.25, 0.3) is 0 Å². The van der Waals surface area contributed by atoms with Gasteiger partial charge in [0.05, 0.1) is 18.0 Å². The zero-order chi connectivity index (χ0) is 13.0. The molecule has 0 heterocycles. The van der Waals surface area contributed by atoms with Gasteiger partial charge in [0.2, 0.25) is 0 Å². The quantitative estimate of drug-likeness (QED) is 0.814. The molecule has 3 N–H and O–H groups in total. The van der Waals surface area contributed by atoms with Crippen molar-refractivity contribution in [2.24, 2.45) is 0 Å². The number of hydrogen-bond donors (Lipinski definition) is 2. The fourth-order valence-electron chi connectivity index (χ4n) is 1.71. The maximum atomic E-state index is 12.9. The van der Waals surface area contributed by atoms with Crippen LogP contribution < -0.4 is 11.1 Å². The Labute approximate surface area is 105 Å². The van der Waals surface area contributed by atoms with E-state index in [0.29, 0.717) is 18.0 Å². The molecule has 0 aliphatic rings. The van der Waals surface area contributed by atoms with Crippen molar-refractivity contribution in [1.29, 1.82) is 0 Å². The van der Waals surface area contributed by atoms with Gasteiger partial charge < -0.3 is 15.8 Å². The minimum atomic E-state index is -0.341. The third kappa shape index (κ3) is 2.99. The van der Waals surface area contributed by atoms with Gasteiger partial charge >= 0.3 is 0 Å². The van der Waals surface area contributed by atoms with E-state index in [2.05, 4.69) is 5.32 Å². The number of nitrogen functional groups attached to an aromatic ring is 1. The maximum absolute atomic E-state index is 12.9. The van der Waals surface area contributed by atoms with E-state index in [9.17, 15) is 4.39 Å². The molecule has 0 atom stereocenters. The van der Waals surface area contributed by atoms with Gasteiger partial charge in [-0.15, -0.1) is 0 Å². The smallest absolute Gasteiger partial charge is 0.125 e. The van der Waals surface area contributed by atoms with Gasteiger partial charge in [0.15, 0.2) is 0 Å². The van der Waals surface area contributed by atoms with Gasteiger partial charge in [0, 0.05) is 12.8 Å². The summed E-state index contributed by atoms with van der Waals surface area (Å²) in [6.07, 6.45) is 0. The van der Waals surface area contributed by atoms with Crippen molar-refractivity contribution in [3.8, 4) is 0 Å². The molecular formula is C14H15FN2O. The van der Waals surface area contributed by atoms with Crippen molar-refractivity contribution in [3.63, 3.8) is 0 Å². The number of halogens is 1. The first kappa shape index (κ1) is 12.4. The molecule has 18 heavy (non-hydrogen) atoms. The first-order chi connectivity index (χ1) is 8.69. The summed E-state index contributed by atoms with van der Waals surface area (Å²) >= 11 is 0. The van der Waals surface area contributed by atoms with Crippen molar-refractivity contribution in [1.82, 2.24) is 0 Å². The van der Waals surface area contributed by atoms with E-state index in [-0.39, 0.29) is 5.82 Å². The molecule has 3 nitrogen and oxygen atoms in total. The lowest BCUT2D eigenvalue weighted by Gasteiger charge is -2.10. The van der Waals surface area contributed by atoms with Crippen molar-refractivity contribution < 1.29 is 9.13 Å². The molecule has 94 valence electrons. The Balaban J connectivity index is 2.20. The summed E-state index contributed by atoms with van der Waals surface area (Å²) in [5.74, 6) is -0.341. The molecule has 0 fully saturated rings. The Hall–Kier alpha value is -2.07. The van der Waals surface area contributed by atoms with Gasteiger partial charge in [0.25, 0.3) is 0 Å². The number of hydrogen-bond acceptors (Lipinski definition) is 3. The highest BCUT2D eigenvalue weighted by Gasteiger charge is 2.02. The molecule has 2 aromatic carbocycles. The molecule has 0 aliphatic carbocycles. The molecule has 0 spiro atoms. The van der Waals surface area contributed by atoms with Crippen molar-refractivity contribution in [3.05, 3.63) is 53.8 Å². The Morgan fingerprint density at radius 2 is 2.06 bits per heavy atom. The highest BCUT2D eigenvalue weighted by Crippen LogP contribution is 2.24. The van der Waals surface area contributed by atoms with E-state index >= 15 is 0 Å². The van der Waals surface area contributed by atoms with E-state index in [4.69, 9.17) is 10.5 Å². The SMILES string of the molecule is COCc1cccc(Nc2ccc(F)cc2N)c1. The number of rotatable bonds is 4. The zero-order valence-corrected chi connectivity index (χ0v) is 10.1. The number of methoxy groups -OCH3 is 1. The van der Waals surface area contributed by atoms with E-state index in [0.717, 1.165) is 11.3 Å². The van der Waals surface area contributed by atoms with Crippen LogP contribution in [0.1, 0.15) is 5.56 Å². The number of anilines is 3. The van der Waals surface area contributed by atoms with Gasteiger partial charge in [-0.05, 0) is 35.9 Å². The second-order valence-electron chi connectivity index (χ2n) is 3.99. The molecule has 0 aromatic heterocycles. The summed E-state index contributed by atoms with van der Waals surface area (Å²) in [4.78, 5) is 0. The summed E-state index contributed by atoms with van der Waals surface area (Å²) in [5.41, 5.74) is 8.76. The van der Waals surface area contributed by atoms with Crippen molar-refractivity contribution >= 4 is 17.1 Å². The minimum Gasteiger partial charge on any atom is -0.397 e. The number of nitrogens with one attached hydrogen (secondary N) is 1. The molecule has 2 aromatic rings. The van der Waals surface area contributed by atoms with Crippen LogP contribution in [0.15, 0.2) is 42.5 Å². The normalized spacial score (nSPS) is 10.3. The Kier molecular flexibility index (Phi) is 3.79. The molecule has 2 rings (SSSR count). The van der Waals surface area contributed by atoms with Crippen LogP contribution in [-0.4, -0.2) is 7.11 Å². The lowest BCUT2D eigenvalue weighted by Crippen LogP contribution is -1.97. The van der Waals surface area contributed by atoms with E-state index in [1.54, 1.807) is 13.2 Å². The third-order valence-corrected chi connectivity index (χ3v) is 2.53. The molecular weight excluding hydrogens is 231 g/mol. The van der Waals surface area contributed by atoms with E-state index < -0.39 is 0 Å². The van der Waals surface area contributed by atoms with Crippen LogP contribution in [0.5, 0.6) is 0 Å². The van der Waals surface area contributed by atoms with Crippen LogP contribution in [-0.2, 0) is 11.3 Å². The van der Waals surface area contributed by atoms with Gasteiger partial charge in [-0.25, -0.2) is 4.39 Å². The topological polar surface area (TPSA) is 47.3 Å². The van der Waals surface area contributed by atoms with Gasteiger partial charge in [-0.3, -0.25) is 0 Å². The first-order valence-electron chi connectivity index (χ1n) is 5.59. The molecule has 0 saturated heterocycles. The maximum Gasteiger partial charge on any atom is 0.125 e. The largest absolute Gasteiger partial charge is 0.397 e. The summed E-state index contributed by atoms with van der Waals surface area (Å²) in [5, 5.41) is 3.15.